The van der Waals surface area contributed by atoms with Crippen molar-refractivity contribution in [3.05, 3.63) is 16.8 Å². The highest BCUT2D eigenvalue weighted by atomic mass is 16.4. The van der Waals surface area contributed by atoms with Crippen LogP contribution in [0.1, 0.15) is 28.5 Å². The molecule has 100 valence electrons. The lowest BCUT2D eigenvalue weighted by molar-refractivity contribution is 0.0696. The van der Waals surface area contributed by atoms with Gasteiger partial charge in [0.1, 0.15) is 5.56 Å². The molecule has 0 fully saturated rings. The topological polar surface area (TPSA) is 78.4 Å². The summed E-state index contributed by atoms with van der Waals surface area (Å²) in [7, 11) is 3.92. The number of anilines is 1. The first-order valence-electron chi connectivity index (χ1n) is 5.81. The molecular formula is C12H20N4O2. The quantitative estimate of drug-likeness (QED) is 0.818. The van der Waals surface area contributed by atoms with Crippen molar-refractivity contribution in [2.45, 2.75) is 26.8 Å². The number of hydrogen-bond donors (Lipinski definition) is 2. The third-order valence-corrected chi connectivity index (χ3v) is 2.69. The molecule has 0 aliphatic heterocycles. The van der Waals surface area contributed by atoms with E-state index in [2.05, 4.69) is 15.5 Å². The van der Waals surface area contributed by atoms with Gasteiger partial charge in [0.05, 0.1) is 5.69 Å². The molecule has 0 saturated heterocycles. The second-order valence-corrected chi connectivity index (χ2v) is 4.75. The molecule has 6 nitrogen and oxygen atoms in total. The van der Waals surface area contributed by atoms with Crippen LogP contribution in [-0.4, -0.2) is 52.9 Å². The van der Waals surface area contributed by atoms with Crippen LogP contribution in [0.5, 0.6) is 0 Å². The van der Waals surface area contributed by atoms with Crippen LogP contribution in [0.25, 0.3) is 0 Å². The summed E-state index contributed by atoms with van der Waals surface area (Å²) in [5.74, 6) is -0.648. The van der Waals surface area contributed by atoms with Crippen LogP contribution in [0, 0.1) is 13.8 Å². The Hall–Kier alpha value is -1.69. The fourth-order valence-corrected chi connectivity index (χ4v) is 1.80. The number of aryl methyl sites for hydroxylation is 1. The maximum absolute atomic E-state index is 11.3. The molecule has 6 heteroatoms. The number of carboxylic acid groups (broad SMARTS) is 1. The summed E-state index contributed by atoms with van der Waals surface area (Å²) >= 11 is 0. The van der Waals surface area contributed by atoms with Crippen molar-refractivity contribution in [3.8, 4) is 0 Å². The summed E-state index contributed by atoms with van der Waals surface area (Å²) in [5.41, 5.74) is 1.49. The predicted octanol–water partition coefficient (Wildman–Crippen LogP) is 1.15. The average Bonchev–Trinajstić information content (AvgIpc) is 2.21. The Morgan fingerprint density at radius 2 is 2.00 bits per heavy atom. The first-order chi connectivity index (χ1) is 8.32. The number of aromatic nitrogens is 2. The van der Waals surface area contributed by atoms with E-state index in [-0.39, 0.29) is 11.6 Å². The molecule has 0 radical (unpaired) electrons. The lowest BCUT2D eigenvalue weighted by Gasteiger charge is -2.20. The summed E-state index contributed by atoms with van der Waals surface area (Å²) in [4.78, 5) is 13.3. The summed E-state index contributed by atoms with van der Waals surface area (Å²) in [5, 5.41) is 20.3. The molecule has 1 rings (SSSR count). The zero-order valence-electron chi connectivity index (χ0n) is 11.5. The van der Waals surface area contributed by atoms with Gasteiger partial charge in [-0.25, -0.2) is 4.79 Å². The number of carboxylic acids is 1. The van der Waals surface area contributed by atoms with Gasteiger partial charge < -0.3 is 15.3 Å². The van der Waals surface area contributed by atoms with E-state index in [1.165, 1.54) is 0 Å². The van der Waals surface area contributed by atoms with E-state index in [0.29, 0.717) is 17.1 Å². The van der Waals surface area contributed by atoms with Crippen molar-refractivity contribution in [3.63, 3.8) is 0 Å². The second kappa shape index (κ2) is 5.77. The highest BCUT2D eigenvalue weighted by Crippen LogP contribution is 2.19. The molecular weight excluding hydrogens is 232 g/mol. The fraction of sp³-hybridized carbons (Fsp3) is 0.583. The van der Waals surface area contributed by atoms with Gasteiger partial charge in [-0.05, 0) is 40.4 Å². The van der Waals surface area contributed by atoms with Gasteiger partial charge in [0, 0.05) is 12.6 Å². The second-order valence-electron chi connectivity index (χ2n) is 4.75. The number of likely N-dealkylation sites (N-methyl/N-ethyl adjacent to an activating group) is 1. The zero-order chi connectivity index (χ0) is 13.9. The SMILES string of the molecule is Cc1nnc(NC(C)CN(C)C)c(C(=O)O)c1C. The van der Waals surface area contributed by atoms with Crippen molar-refractivity contribution in [2.24, 2.45) is 0 Å². The van der Waals surface area contributed by atoms with Gasteiger partial charge in [-0.2, -0.15) is 5.10 Å². The molecule has 1 unspecified atom stereocenters. The summed E-state index contributed by atoms with van der Waals surface area (Å²) in [6.07, 6.45) is 0. The maximum atomic E-state index is 11.3. The van der Waals surface area contributed by atoms with Gasteiger partial charge in [0.15, 0.2) is 5.82 Å². The van der Waals surface area contributed by atoms with E-state index in [4.69, 9.17) is 0 Å². The number of carbonyl (C=O) groups is 1. The maximum Gasteiger partial charge on any atom is 0.339 e. The third kappa shape index (κ3) is 3.40. The Bertz CT molecular complexity index is 446. The fourth-order valence-electron chi connectivity index (χ4n) is 1.80. The van der Waals surface area contributed by atoms with Gasteiger partial charge in [0.2, 0.25) is 0 Å². The molecule has 1 aromatic rings. The number of hydrogen-bond acceptors (Lipinski definition) is 5. The van der Waals surface area contributed by atoms with Crippen molar-refractivity contribution < 1.29 is 9.90 Å². The van der Waals surface area contributed by atoms with Crippen molar-refractivity contribution in [1.82, 2.24) is 15.1 Å². The number of nitrogens with one attached hydrogen (secondary N) is 1. The zero-order valence-corrected chi connectivity index (χ0v) is 11.5. The van der Waals surface area contributed by atoms with Crippen molar-refractivity contribution in [2.75, 3.05) is 26.0 Å². The molecule has 1 atom stereocenters. The van der Waals surface area contributed by atoms with E-state index in [9.17, 15) is 9.90 Å². The Morgan fingerprint density at radius 1 is 1.39 bits per heavy atom. The van der Waals surface area contributed by atoms with Gasteiger partial charge in [-0.15, -0.1) is 5.10 Å². The van der Waals surface area contributed by atoms with Crippen LogP contribution >= 0.6 is 0 Å². The molecule has 0 aromatic carbocycles. The first-order valence-corrected chi connectivity index (χ1v) is 5.81. The van der Waals surface area contributed by atoms with Gasteiger partial charge in [0.25, 0.3) is 0 Å². The highest BCUT2D eigenvalue weighted by molar-refractivity contribution is 5.94. The number of aromatic carboxylic acids is 1. The third-order valence-electron chi connectivity index (χ3n) is 2.69. The molecule has 0 bridgehead atoms. The lowest BCUT2D eigenvalue weighted by Crippen LogP contribution is -2.31. The normalized spacial score (nSPS) is 12.6. The van der Waals surface area contributed by atoms with E-state index >= 15 is 0 Å². The van der Waals surface area contributed by atoms with Crippen LogP contribution in [0.4, 0.5) is 5.82 Å². The minimum absolute atomic E-state index is 0.0921. The summed E-state index contributed by atoms with van der Waals surface area (Å²) in [6, 6.07) is 0.0921. The number of nitrogens with zero attached hydrogens (tertiary/aromatic N) is 3. The highest BCUT2D eigenvalue weighted by Gasteiger charge is 2.18. The summed E-state index contributed by atoms with van der Waals surface area (Å²) < 4.78 is 0. The molecule has 2 N–H and O–H groups in total. The van der Waals surface area contributed by atoms with E-state index < -0.39 is 5.97 Å². The molecule has 1 heterocycles. The molecule has 0 amide bonds. The van der Waals surface area contributed by atoms with Gasteiger partial charge >= 0.3 is 5.97 Å². The minimum atomic E-state index is -0.981. The van der Waals surface area contributed by atoms with Crippen LogP contribution in [-0.2, 0) is 0 Å². The first kappa shape index (κ1) is 14.4. The Labute approximate surface area is 107 Å². The smallest absolute Gasteiger partial charge is 0.339 e. The average molecular weight is 252 g/mol. The van der Waals surface area contributed by atoms with E-state index in [1.54, 1.807) is 13.8 Å². The van der Waals surface area contributed by atoms with Crippen LogP contribution in [0.15, 0.2) is 0 Å². The molecule has 0 aliphatic carbocycles. The van der Waals surface area contributed by atoms with Gasteiger partial charge in [-0.3, -0.25) is 0 Å². The summed E-state index contributed by atoms with van der Waals surface area (Å²) in [6.45, 7) is 6.26. The monoisotopic (exact) mass is 252 g/mol. The van der Waals surface area contributed by atoms with E-state index in [0.717, 1.165) is 6.54 Å². The Morgan fingerprint density at radius 3 is 2.50 bits per heavy atom. The Kier molecular flexibility index (Phi) is 4.61. The number of rotatable bonds is 5. The van der Waals surface area contributed by atoms with Crippen molar-refractivity contribution in [1.29, 1.82) is 0 Å². The van der Waals surface area contributed by atoms with Crippen molar-refractivity contribution >= 4 is 11.8 Å². The minimum Gasteiger partial charge on any atom is -0.478 e. The van der Waals surface area contributed by atoms with Gasteiger partial charge in [-0.1, -0.05) is 0 Å². The molecule has 0 spiro atoms. The van der Waals surface area contributed by atoms with Crippen LogP contribution in [0.2, 0.25) is 0 Å². The Balaban J connectivity index is 3.02. The predicted molar refractivity (Wildman–Crippen MR) is 70.1 cm³/mol. The molecule has 0 aliphatic rings. The largest absolute Gasteiger partial charge is 0.478 e. The molecule has 18 heavy (non-hydrogen) atoms. The standard InChI is InChI=1S/C12H20N4O2/c1-7(6-16(4)5)13-11-10(12(17)18)8(2)9(3)14-15-11/h7H,6H2,1-5H3,(H,13,15)(H,17,18). The van der Waals surface area contributed by atoms with Crippen LogP contribution in [0.3, 0.4) is 0 Å². The van der Waals surface area contributed by atoms with E-state index in [1.807, 2.05) is 25.9 Å². The van der Waals surface area contributed by atoms with Crippen LogP contribution < -0.4 is 5.32 Å². The molecule has 0 saturated carbocycles. The molecule has 1 aromatic heterocycles. The lowest BCUT2D eigenvalue weighted by atomic mass is 10.1.